The molecule has 0 fully saturated rings. The second-order valence-electron chi connectivity index (χ2n) is 5.61. The Bertz CT molecular complexity index is 714. The molecule has 1 aromatic carbocycles. The van der Waals surface area contributed by atoms with E-state index >= 15 is 0 Å². The van der Waals surface area contributed by atoms with E-state index in [0.717, 1.165) is 16.5 Å². The van der Waals surface area contributed by atoms with E-state index in [1.165, 1.54) is 17.0 Å². The Balaban J connectivity index is 1.86. The fourth-order valence-electron chi connectivity index (χ4n) is 2.38. The van der Waals surface area contributed by atoms with Crippen LogP contribution in [0.15, 0.2) is 24.4 Å². The Labute approximate surface area is 133 Å². The number of urea groups is 1. The lowest BCUT2D eigenvalue weighted by Gasteiger charge is -2.19. The van der Waals surface area contributed by atoms with E-state index in [1.54, 1.807) is 26.2 Å². The average molecular weight is 321 g/mol. The number of hydrogen-bond acceptors (Lipinski definition) is 2. The van der Waals surface area contributed by atoms with Crippen LogP contribution in [0.25, 0.3) is 10.9 Å². The monoisotopic (exact) mass is 321 g/mol. The van der Waals surface area contributed by atoms with Crippen molar-refractivity contribution in [3.63, 3.8) is 0 Å². The Morgan fingerprint density at radius 1 is 1.43 bits per heavy atom. The number of carboxylic acids is 1. The minimum atomic E-state index is -0.935. The van der Waals surface area contributed by atoms with Gasteiger partial charge in [-0.25, -0.2) is 9.18 Å². The predicted octanol–water partition coefficient (Wildman–Crippen LogP) is 2.21. The topological polar surface area (TPSA) is 85.4 Å². The quantitative estimate of drug-likeness (QED) is 0.762. The summed E-state index contributed by atoms with van der Waals surface area (Å²) in [6.07, 6.45) is 2.40. The number of amides is 2. The molecule has 1 heterocycles. The van der Waals surface area contributed by atoms with Gasteiger partial charge in [0.05, 0.1) is 5.92 Å². The molecule has 2 rings (SSSR count). The van der Waals surface area contributed by atoms with Gasteiger partial charge in [0.15, 0.2) is 0 Å². The van der Waals surface area contributed by atoms with Crippen LogP contribution in [0, 0.1) is 11.7 Å². The number of aromatic nitrogens is 1. The van der Waals surface area contributed by atoms with Gasteiger partial charge in [-0.05, 0) is 30.2 Å². The molecule has 0 spiro atoms. The third-order valence-corrected chi connectivity index (χ3v) is 3.72. The molecule has 23 heavy (non-hydrogen) atoms. The summed E-state index contributed by atoms with van der Waals surface area (Å²) >= 11 is 0. The van der Waals surface area contributed by atoms with Gasteiger partial charge < -0.3 is 20.3 Å². The maximum absolute atomic E-state index is 13.1. The summed E-state index contributed by atoms with van der Waals surface area (Å²) in [4.78, 5) is 27.0. The van der Waals surface area contributed by atoms with E-state index in [0.29, 0.717) is 13.0 Å². The minimum absolute atomic E-state index is 0.146. The van der Waals surface area contributed by atoms with Crippen molar-refractivity contribution in [2.75, 3.05) is 20.1 Å². The molecule has 2 amide bonds. The lowest BCUT2D eigenvalue weighted by atomic mass is 10.1. The summed E-state index contributed by atoms with van der Waals surface area (Å²) in [5.74, 6) is -1.85. The van der Waals surface area contributed by atoms with Crippen LogP contribution in [0.3, 0.4) is 0 Å². The first-order valence-electron chi connectivity index (χ1n) is 7.35. The largest absolute Gasteiger partial charge is 0.481 e. The number of aromatic amines is 1. The number of fused-ring (bicyclic) bond motifs is 1. The van der Waals surface area contributed by atoms with Gasteiger partial charge in [-0.1, -0.05) is 6.92 Å². The van der Waals surface area contributed by atoms with Crippen LogP contribution < -0.4 is 5.32 Å². The third kappa shape index (κ3) is 4.21. The molecule has 6 nitrogen and oxygen atoms in total. The van der Waals surface area contributed by atoms with Gasteiger partial charge >= 0.3 is 12.0 Å². The van der Waals surface area contributed by atoms with Gasteiger partial charge in [-0.3, -0.25) is 4.79 Å². The number of rotatable bonds is 6. The maximum Gasteiger partial charge on any atom is 0.317 e. The molecule has 0 bridgehead atoms. The van der Waals surface area contributed by atoms with Crippen LogP contribution in [-0.4, -0.2) is 47.1 Å². The van der Waals surface area contributed by atoms with E-state index in [1.807, 2.05) is 0 Å². The number of H-pyrrole nitrogens is 1. The van der Waals surface area contributed by atoms with Crippen molar-refractivity contribution in [2.45, 2.75) is 13.3 Å². The number of nitrogens with zero attached hydrogens (tertiary/aromatic N) is 1. The first kappa shape index (κ1) is 16.8. The average Bonchev–Trinajstić information content (AvgIpc) is 2.89. The molecule has 0 saturated carbocycles. The molecular formula is C16H20FN3O3. The normalized spacial score (nSPS) is 12.1. The second kappa shape index (κ2) is 7.13. The highest BCUT2D eigenvalue weighted by molar-refractivity contribution is 5.83. The van der Waals surface area contributed by atoms with Crippen LogP contribution >= 0.6 is 0 Å². The molecule has 124 valence electrons. The minimum Gasteiger partial charge on any atom is -0.481 e. The zero-order valence-electron chi connectivity index (χ0n) is 13.1. The highest BCUT2D eigenvalue weighted by atomic mass is 19.1. The molecule has 7 heteroatoms. The van der Waals surface area contributed by atoms with Crippen LogP contribution in [-0.2, 0) is 11.2 Å². The summed E-state index contributed by atoms with van der Waals surface area (Å²) in [6.45, 7) is 2.11. The van der Waals surface area contributed by atoms with Gasteiger partial charge in [0.2, 0.25) is 0 Å². The van der Waals surface area contributed by atoms with Crippen molar-refractivity contribution in [1.82, 2.24) is 15.2 Å². The number of hydrogen-bond donors (Lipinski definition) is 3. The molecule has 0 aliphatic rings. The lowest BCUT2D eigenvalue weighted by molar-refractivity contribution is -0.141. The molecule has 0 aliphatic carbocycles. The van der Waals surface area contributed by atoms with Gasteiger partial charge in [-0.15, -0.1) is 0 Å². The molecule has 0 aliphatic heterocycles. The number of aliphatic carboxylic acids is 1. The second-order valence-corrected chi connectivity index (χ2v) is 5.61. The van der Waals surface area contributed by atoms with Crippen LogP contribution in [0.4, 0.5) is 9.18 Å². The standard InChI is InChI=1S/C16H20FN3O3/c1-10(15(21)22)9-20(2)16(23)18-6-5-11-8-19-14-7-12(17)3-4-13(11)14/h3-4,7-8,10,19H,5-6,9H2,1-2H3,(H,18,23)(H,21,22). The van der Waals surface area contributed by atoms with Crippen molar-refractivity contribution in [3.8, 4) is 0 Å². The summed E-state index contributed by atoms with van der Waals surface area (Å²) in [5.41, 5.74) is 1.71. The predicted molar refractivity (Wildman–Crippen MR) is 84.8 cm³/mol. The van der Waals surface area contributed by atoms with Crippen LogP contribution in [0.2, 0.25) is 0 Å². The van der Waals surface area contributed by atoms with E-state index in [2.05, 4.69) is 10.3 Å². The summed E-state index contributed by atoms with van der Waals surface area (Å²) in [5, 5.41) is 12.5. The number of carbonyl (C=O) groups excluding carboxylic acids is 1. The third-order valence-electron chi connectivity index (χ3n) is 3.72. The Hall–Kier alpha value is -2.57. The number of benzene rings is 1. The summed E-state index contributed by atoms with van der Waals surface area (Å²) < 4.78 is 13.1. The maximum atomic E-state index is 13.1. The fraction of sp³-hybridized carbons (Fsp3) is 0.375. The van der Waals surface area contributed by atoms with Crippen LogP contribution in [0.5, 0.6) is 0 Å². The zero-order valence-corrected chi connectivity index (χ0v) is 13.1. The molecule has 1 atom stereocenters. The SMILES string of the molecule is CC(CN(C)C(=O)NCCc1c[nH]c2cc(F)ccc12)C(=O)O. The fourth-order valence-corrected chi connectivity index (χ4v) is 2.38. The van der Waals surface area contributed by atoms with E-state index in [4.69, 9.17) is 5.11 Å². The lowest BCUT2D eigenvalue weighted by Crippen LogP contribution is -2.41. The van der Waals surface area contributed by atoms with Gasteiger partial charge in [0, 0.05) is 37.2 Å². The smallest absolute Gasteiger partial charge is 0.317 e. The molecule has 0 saturated heterocycles. The van der Waals surface area contributed by atoms with Gasteiger partial charge in [0.1, 0.15) is 5.82 Å². The highest BCUT2D eigenvalue weighted by Gasteiger charge is 2.17. The van der Waals surface area contributed by atoms with Crippen molar-refractivity contribution in [2.24, 2.45) is 5.92 Å². The molecule has 3 N–H and O–H groups in total. The number of carbonyl (C=O) groups is 2. The van der Waals surface area contributed by atoms with Crippen molar-refractivity contribution >= 4 is 22.9 Å². The first-order valence-corrected chi connectivity index (χ1v) is 7.35. The summed E-state index contributed by atoms with van der Waals surface area (Å²) in [7, 11) is 1.56. The number of carboxylic acid groups (broad SMARTS) is 1. The number of halogens is 1. The van der Waals surface area contributed by atoms with Crippen molar-refractivity contribution < 1.29 is 19.1 Å². The summed E-state index contributed by atoms with van der Waals surface area (Å²) in [6, 6.07) is 4.22. The Kier molecular flexibility index (Phi) is 5.20. The van der Waals surface area contributed by atoms with Crippen LogP contribution in [0.1, 0.15) is 12.5 Å². The van der Waals surface area contributed by atoms with Gasteiger partial charge in [0.25, 0.3) is 0 Å². The van der Waals surface area contributed by atoms with E-state index in [9.17, 15) is 14.0 Å². The van der Waals surface area contributed by atoms with E-state index in [-0.39, 0.29) is 18.4 Å². The highest BCUT2D eigenvalue weighted by Crippen LogP contribution is 2.19. The Morgan fingerprint density at radius 3 is 2.87 bits per heavy atom. The number of nitrogens with one attached hydrogen (secondary N) is 2. The Morgan fingerprint density at radius 2 is 2.17 bits per heavy atom. The molecule has 1 aromatic heterocycles. The molecular weight excluding hydrogens is 301 g/mol. The molecule has 0 radical (unpaired) electrons. The first-order chi connectivity index (χ1) is 10.9. The van der Waals surface area contributed by atoms with E-state index < -0.39 is 11.9 Å². The van der Waals surface area contributed by atoms with Crippen molar-refractivity contribution in [1.29, 1.82) is 0 Å². The molecule has 1 unspecified atom stereocenters. The zero-order chi connectivity index (χ0) is 17.0. The van der Waals surface area contributed by atoms with Gasteiger partial charge in [-0.2, -0.15) is 0 Å². The van der Waals surface area contributed by atoms with Crippen molar-refractivity contribution in [3.05, 3.63) is 35.8 Å². The molecule has 2 aromatic rings.